The van der Waals surface area contributed by atoms with Crippen molar-refractivity contribution in [3.63, 3.8) is 0 Å². The van der Waals surface area contributed by atoms with Crippen LogP contribution in [0, 0.1) is 20.8 Å². The Kier molecular flexibility index (Phi) is 4.57. The predicted molar refractivity (Wildman–Crippen MR) is 82.2 cm³/mol. The zero-order chi connectivity index (χ0) is 14.8. The van der Waals surface area contributed by atoms with Crippen LogP contribution < -0.4 is 4.72 Å². The molecule has 108 valence electrons. The van der Waals surface area contributed by atoms with E-state index < -0.39 is 10.0 Å². The van der Waals surface area contributed by atoms with Gasteiger partial charge in [-0.05, 0) is 26.3 Å². The molecule has 1 N–H and O–H groups in total. The van der Waals surface area contributed by atoms with E-state index in [0.29, 0.717) is 0 Å². The molecule has 1 aromatic heterocycles. The molecule has 0 unspecified atom stereocenters. The van der Waals surface area contributed by atoms with Gasteiger partial charge in [0.1, 0.15) is 5.01 Å². The first-order valence-electron chi connectivity index (χ1n) is 6.31. The molecule has 0 bridgehead atoms. The molecule has 2 aromatic rings. The molecule has 0 aliphatic carbocycles. The smallest absolute Gasteiger partial charge is 0.216 e. The van der Waals surface area contributed by atoms with Crippen molar-refractivity contribution in [2.45, 2.75) is 33.1 Å². The predicted octanol–water partition coefficient (Wildman–Crippen LogP) is 2.69. The summed E-state index contributed by atoms with van der Waals surface area (Å²) >= 11 is 1.53. The molecule has 6 heteroatoms. The molecular weight excluding hydrogens is 292 g/mol. The summed E-state index contributed by atoms with van der Waals surface area (Å²) in [7, 11) is -3.34. The molecule has 1 aromatic carbocycles. The van der Waals surface area contributed by atoms with E-state index in [1.165, 1.54) is 11.3 Å². The van der Waals surface area contributed by atoms with Crippen LogP contribution >= 0.6 is 11.3 Å². The molecule has 4 nitrogen and oxygen atoms in total. The SMILES string of the molecule is Cc1cccc(CS(=O)(=O)NCc2nc(C)c(C)s2)c1. The molecule has 2 rings (SSSR count). The third-order valence-electron chi connectivity index (χ3n) is 2.96. The Morgan fingerprint density at radius 1 is 1.25 bits per heavy atom. The summed E-state index contributed by atoms with van der Waals surface area (Å²) in [4.78, 5) is 5.45. The summed E-state index contributed by atoms with van der Waals surface area (Å²) < 4.78 is 26.7. The van der Waals surface area contributed by atoms with Crippen molar-refractivity contribution in [1.29, 1.82) is 0 Å². The maximum Gasteiger partial charge on any atom is 0.216 e. The van der Waals surface area contributed by atoms with Crippen LogP contribution in [0.3, 0.4) is 0 Å². The highest BCUT2D eigenvalue weighted by Crippen LogP contribution is 2.16. The fourth-order valence-electron chi connectivity index (χ4n) is 1.86. The maximum atomic E-state index is 12.0. The van der Waals surface area contributed by atoms with Crippen molar-refractivity contribution in [2.75, 3.05) is 0 Å². The fourth-order valence-corrected chi connectivity index (χ4v) is 3.90. The average Bonchev–Trinajstić information content (AvgIpc) is 2.66. The second kappa shape index (κ2) is 6.03. The first kappa shape index (κ1) is 15.2. The first-order valence-corrected chi connectivity index (χ1v) is 8.78. The summed E-state index contributed by atoms with van der Waals surface area (Å²) in [5.74, 6) is -0.00196. The molecule has 0 amide bonds. The van der Waals surface area contributed by atoms with Crippen molar-refractivity contribution in [3.8, 4) is 0 Å². The summed E-state index contributed by atoms with van der Waals surface area (Å²) in [5.41, 5.74) is 2.82. The molecule has 1 heterocycles. The van der Waals surface area contributed by atoms with Gasteiger partial charge in [-0.3, -0.25) is 0 Å². The number of thiazole rings is 1. The van der Waals surface area contributed by atoms with Crippen LogP contribution in [0.2, 0.25) is 0 Å². The Balaban J connectivity index is 2.01. The number of aryl methyl sites for hydroxylation is 3. The van der Waals surface area contributed by atoms with Crippen LogP contribution in [0.15, 0.2) is 24.3 Å². The Morgan fingerprint density at radius 3 is 2.60 bits per heavy atom. The van der Waals surface area contributed by atoms with Crippen molar-refractivity contribution in [3.05, 3.63) is 51.0 Å². The number of rotatable bonds is 5. The Morgan fingerprint density at radius 2 is 2.00 bits per heavy atom. The van der Waals surface area contributed by atoms with Gasteiger partial charge in [-0.2, -0.15) is 0 Å². The van der Waals surface area contributed by atoms with Gasteiger partial charge < -0.3 is 0 Å². The number of benzene rings is 1. The molecule has 20 heavy (non-hydrogen) atoms. The molecule has 0 aliphatic heterocycles. The van der Waals surface area contributed by atoms with Crippen molar-refractivity contribution in [1.82, 2.24) is 9.71 Å². The minimum absolute atomic E-state index is 0.00196. The van der Waals surface area contributed by atoms with Crippen LogP contribution in [-0.4, -0.2) is 13.4 Å². The van der Waals surface area contributed by atoms with Crippen LogP contribution in [0.5, 0.6) is 0 Å². The second-order valence-electron chi connectivity index (χ2n) is 4.82. The molecular formula is C14H18N2O2S2. The Bertz CT molecular complexity index is 686. The lowest BCUT2D eigenvalue weighted by Crippen LogP contribution is -2.24. The lowest BCUT2D eigenvalue weighted by Gasteiger charge is -2.06. The highest BCUT2D eigenvalue weighted by atomic mass is 32.2. The highest BCUT2D eigenvalue weighted by Gasteiger charge is 2.13. The Hall–Kier alpha value is -1.24. The average molecular weight is 310 g/mol. The van der Waals surface area contributed by atoms with Crippen molar-refractivity contribution >= 4 is 21.4 Å². The molecule has 0 aliphatic rings. The molecule has 0 atom stereocenters. The third-order valence-corrected chi connectivity index (χ3v) is 5.33. The molecule has 0 spiro atoms. The number of hydrogen-bond donors (Lipinski definition) is 1. The van der Waals surface area contributed by atoms with E-state index in [1.54, 1.807) is 0 Å². The summed E-state index contributed by atoms with van der Waals surface area (Å²) in [5, 5.41) is 0.799. The van der Waals surface area contributed by atoms with Gasteiger partial charge in [0.2, 0.25) is 10.0 Å². The van der Waals surface area contributed by atoms with E-state index in [4.69, 9.17) is 0 Å². The topological polar surface area (TPSA) is 59.1 Å². The zero-order valence-corrected chi connectivity index (χ0v) is 13.4. The maximum absolute atomic E-state index is 12.0. The van der Waals surface area contributed by atoms with Gasteiger partial charge in [-0.25, -0.2) is 18.1 Å². The standard InChI is InChI=1S/C14H18N2O2S2/c1-10-5-4-6-13(7-10)9-20(17,18)15-8-14-16-11(2)12(3)19-14/h4-7,15H,8-9H2,1-3H3. The quantitative estimate of drug-likeness (QED) is 0.923. The van der Waals surface area contributed by atoms with Gasteiger partial charge in [-0.1, -0.05) is 29.8 Å². The molecule has 0 fully saturated rings. The first-order chi connectivity index (χ1) is 9.35. The lowest BCUT2D eigenvalue weighted by atomic mass is 10.2. The minimum Gasteiger partial charge on any atom is -0.245 e. The third kappa shape index (κ3) is 4.13. The van der Waals surface area contributed by atoms with E-state index in [0.717, 1.165) is 26.7 Å². The lowest BCUT2D eigenvalue weighted by molar-refractivity contribution is 0.580. The zero-order valence-electron chi connectivity index (χ0n) is 11.8. The summed E-state index contributed by atoms with van der Waals surface area (Å²) in [6, 6.07) is 7.53. The summed E-state index contributed by atoms with van der Waals surface area (Å²) in [6.07, 6.45) is 0. The largest absolute Gasteiger partial charge is 0.245 e. The number of nitrogens with one attached hydrogen (secondary N) is 1. The van der Waals surface area contributed by atoms with E-state index in [2.05, 4.69) is 9.71 Å². The van der Waals surface area contributed by atoms with Crippen LogP contribution in [-0.2, 0) is 22.3 Å². The van der Waals surface area contributed by atoms with Crippen molar-refractivity contribution < 1.29 is 8.42 Å². The molecule has 0 radical (unpaired) electrons. The number of aromatic nitrogens is 1. The number of hydrogen-bond acceptors (Lipinski definition) is 4. The van der Waals surface area contributed by atoms with Crippen LogP contribution in [0.4, 0.5) is 0 Å². The van der Waals surface area contributed by atoms with Gasteiger partial charge in [0, 0.05) is 4.88 Å². The normalized spacial score (nSPS) is 11.8. The van der Waals surface area contributed by atoms with Gasteiger partial charge in [0.05, 0.1) is 18.0 Å². The Labute approximate surface area is 123 Å². The van der Waals surface area contributed by atoms with Gasteiger partial charge in [-0.15, -0.1) is 11.3 Å². The summed E-state index contributed by atoms with van der Waals surface area (Å²) in [6.45, 7) is 6.12. The number of nitrogens with zero attached hydrogens (tertiary/aromatic N) is 1. The van der Waals surface area contributed by atoms with Gasteiger partial charge in [0.25, 0.3) is 0 Å². The van der Waals surface area contributed by atoms with Crippen molar-refractivity contribution in [2.24, 2.45) is 0 Å². The highest BCUT2D eigenvalue weighted by molar-refractivity contribution is 7.88. The van der Waals surface area contributed by atoms with E-state index in [9.17, 15) is 8.42 Å². The van der Waals surface area contributed by atoms with E-state index in [1.807, 2.05) is 45.0 Å². The van der Waals surface area contributed by atoms with E-state index >= 15 is 0 Å². The fraction of sp³-hybridized carbons (Fsp3) is 0.357. The van der Waals surface area contributed by atoms with Crippen LogP contribution in [0.25, 0.3) is 0 Å². The number of sulfonamides is 1. The monoisotopic (exact) mass is 310 g/mol. The molecule has 0 saturated carbocycles. The van der Waals surface area contributed by atoms with Crippen LogP contribution in [0.1, 0.15) is 26.7 Å². The van der Waals surface area contributed by atoms with Gasteiger partial charge in [0.15, 0.2) is 0 Å². The van der Waals surface area contributed by atoms with E-state index in [-0.39, 0.29) is 12.3 Å². The minimum atomic E-state index is -3.34. The second-order valence-corrected chi connectivity index (χ2v) is 7.91. The molecule has 0 saturated heterocycles. The van der Waals surface area contributed by atoms with Gasteiger partial charge >= 0.3 is 0 Å².